The van der Waals surface area contributed by atoms with Gasteiger partial charge in [0.05, 0.1) is 0 Å². The topological polar surface area (TPSA) is 98.7 Å². The van der Waals surface area contributed by atoms with E-state index in [-0.39, 0.29) is 11.7 Å². The number of hydrogen-bond acceptors (Lipinski definition) is 5. The van der Waals surface area contributed by atoms with E-state index in [0.29, 0.717) is 18.8 Å². The summed E-state index contributed by atoms with van der Waals surface area (Å²) in [7, 11) is 1.79. The van der Waals surface area contributed by atoms with E-state index in [9.17, 15) is 4.79 Å². The van der Waals surface area contributed by atoms with Gasteiger partial charge in [0, 0.05) is 25.7 Å². The van der Waals surface area contributed by atoms with Crippen LogP contribution < -0.4 is 11.1 Å². The van der Waals surface area contributed by atoms with E-state index >= 15 is 0 Å². The van der Waals surface area contributed by atoms with Gasteiger partial charge in [-0.05, 0) is 36.6 Å². The molecule has 0 unspecified atom stereocenters. The van der Waals surface area contributed by atoms with Gasteiger partial charge in [0.2, 0.25) is 5.82 Å². The zero-order valence-corrected chi connectivity index (χ0v) is 15.2. The number of aromatic nitrogens is 4. The van der Waals surface area contributed by atoms with Gasteiger partial charge in [-0.15, -0.1) is 5.10 Å². The number of pyridine rings is 1. The SMILES string of the molecule is Cc1cc(N)nc(C)c1CNC(=O)c1nc(Cc2ccccc2)n(C)n1. The maximum absolute atomic E-state index is 12.4. The van der Waals surface area contributed by atoms with E-state index in [0.717, 1.165) is 28.2 Å². The minimum atomic E-state index is -0.310. The molecule has 0 atom stereocenters. The third-order valence-corrected chi connectivity index (χ3v) is 4.26. The van der Waals surface area contributed by atoms with Crippen molar-refractivity contribution in [3.8, 4) is 0 Å². The lowest BCUT2D eigenvalue weighted by atomic mass is 10.1. The number of carbonyl (C=O) groups excluding carboxylic acids is 1. The van der Waals surface area contributed by atoms with Gasteiger partial charge >= 0.3 is 0 Å². The van der Waals surface area contributed by atoms with Crippen LogP contribution in [0.25, 0.3) is 0 Å². The maximum atomic E-state index is 12.4. The number of benzene rings is 1. The van der Waals surface area contributed by atoms with E-state index in [4.69, 9.17) is 5.73 Å². The molecule has 0 bridgehead atoms. The Morgan fingerprint density at radius 2 is 1.92 bits per heavy atom. The molecule has 0 radical (unpaired) electrons. The number of anilines is 1. The molecular formula is C19H22N6O. The van der Waals surface area contributed by atoms with Crippen molar-refractivity contribution in [2.45, 2.75) is 26.8 Å². The molecule has 7 nitrogen and oxygen atoms in total. The Hall–Kier alpha value is -3.22. The van der Waals surface area contributed by atoms with Crippen molar-refractivity contribution >= 4 is 11.7 Å². The monoisotopic (exact) mass is 350 g/mol. The van der Waals surface area contributed by atoms with Crippen molar-refractivity contribution in [1.82, 2.24) is 25.1 Å². The first-order chi connectivity index (χ1) is 12.4. The highest BCUT2D eigenvalue weighted by atomic mass is 16.2. The molecule has 0 saturated heterocycles. The van der Waals surface area contributed by atoms with Crippen LogP contribution in [-0.4, -0.2) is 25.7 Å². The average Bonchev–Trinajstić information content (AvgIpc) is 2.95. The Morgan fingerprint density at radius 1 is 1.19 bits per heavy atom. The van der Waals surface area contributed by atoms with Gasteiger partial charge < -0.3 is 11.1 Å². The zero-order valence-electron chi connectivity index (χ0n) is 15.2. The van der Waals surface area contributed by atoms with Crippen LogP contribution in [0.2, 0.25) is 0 Å². The first kappa shape index (κ1) is 17.6. The van der Waals surface area contributed by atoms with Crippen molar-refractivity contribution in [1.29, 1.82) is 0 Å². The second-order valence-corrected chi connectivity index (χ2v) is 6.25. The molecule has 3 aromatic rings. The molecule has 0 aliphatic heterocycles. The number of rotatable bonds is 5. The summed E-state index contributed by atoms with van der Waals surface area (Å²) < 4.78 is 1.64. The Kier molecular flexibility index (Phi) is 4.97. The molecule has 2 aromatic heterocycles. The van der Waals surface area contributed by atoms with Crippen LogP contribution in [0, 0.1) is 13.8 Å². The summed E-state index contributed by atoms with van der Waals surface area (Å²) in [6.45, 7) is 4.18. The predicted octanol–water partition coefficient (Wildman–Crippen LogP) is 1.93. The van der Waals surface area contributed by atoms with E-state index in [1.54, 1.807) is 17.8 Å². The third kappa shape index (κ3) is 3.88. The van der Waals surface area contributed by atoms with Gasteiger partial charge in [0.25, 0.3) is 5.91 Å². The number of hydrogen-bond donors (Lipinski definition) is 2. The molecule has 7 heteroatoms. The van der Waals surface area contributed by atoms with Gasteiger partial charge in [-0.1, -0.05) is 30.3 Å². The van der Waals surface area contributed by atoms with Crippen LogP contribution in [0.3, 0.4) is 0 Å². The third-order valence-electron chi connectivity index (χ3n) is 4.26. The molecule has 3 rings (SSSR count). The summed E-state index contributed by atoms with van der Waals surface area (Å²) >= 11 is 0. The first-order valence-corrected chi connectivity index (χ1v) is 8.38. The van der Waals surface area contributed by atoms with Gasteiger partial charge in [0.1, 0.15) is 11.6 Å². The van der Waals surface area contributed by atoms with Gasteiger partial charge in [-0.2, -0.15) is 0 Å². The highest BCUT2D eigenvalue weighted by Crippen LogP contribution is 2.14. The Balaban J connectivity index is 1.70. The Morgan fingerprint density at radius 3 is 2.62 bits per heavy atom. The lowest BCUT2D eigenvalue weighted by Gasteiger charge is -2.10. The summed E-state index contributed by atoms with van der Waals surface area (Å²) in [5.74, 6) is 1.07. The molecule has 0 fully saturated rings. The molecule has 26 heavy (non-hydrogen) atoms. The largest absolute Gasteiger partial charge is 0.384 e. The number of amides is 1. The zero-order chi connectivity index (χ0) is 18.7. The minimum absolute atomic E-state index is 0.164. The summed E-state index contributed by atoms with van der Waals surface area (Å²) in [6.07, 6.45) is 0.623. The number of nitrogen functional groups attached to an aromatic ring is 1. The maximum Gasteiger partial charge on any atom is 0.291 e. The number of nitrogens with zero attached hydrogens (tertiary/aromatic N) is 4. The minimum Gasteiger partial charge on any atom is -0.384 e. The average molecular weight is 350 g/mol. The molecule has 0 aliphatic carbocycles. The van der Waals surface area contributed by atoms with Crippen LogP contribution in [0.4, 0.5) is 5.82 Å². The van der Waals surface area contributed by atoms with E-state index in [2.05, 4.69) is 20.4 Å². The molecule has 0 saturated carbocycles. The number of aryl methyl sites for hydroxylation is 3. The van der Waals surface area contributed by atoms with Crippen molar-refractivity contribution in [2.24, 2.45) is 7.05 Å². The summed E-state index contributed by atoms with van der Waals surface area (Å²) in [6, 6.07) is 11.8. The molecule has 1 aromatic carbocycles. The molecule has 3 N–H and O–H groups in total. The van der Waals surface area contributed by atoms with Crippen molar-refractivity contribution in [2.75, 3.05) is 5.73 Å². The lowest BCUT2D eigenvalue weighted by Crippen LogP contribution is -2.25. The van der Waals surface area contributed by atoms with Crippen molar-refractivity contribution < 1.29 is 4.79 Å². The Labute approximate surface area is 152 Å². The fourth-order valence-electron chi connectivity index (χ4n) is 2.85. The molecule has 0 aliphatic rings. The highest BCUT2D eigenvalue weighted by molar-refractivity contribution is 5.90. The molecular weight excluding hydrogens is 328 g/mol. The molecule has 1 amide bonds. The van der Waals surface area contributed by atoms with E-state index < -0.39 is 0 Å². The number of carbonyl (C=O) groups is 1. The van der Waals surface area contributed by atoms with Crippen LogP contribution in [0.5, 0.6) is 0 Å². The number of nitrogens with one attached hydrogen (secondary N) is 1. The molecule has 134 valence electrons. The van der Waals surface area contributed by atoms with Gasteiger partial charge in [-0.25, -0.2) is 9.97 Å². The highest BCUT2D eigenvalue weighted by Gasteiger charge is 2.16. The van der Waals surface area contributed by atoms with Crippen LogP contribution in [-0.2, 0) is 20.0 Å². The second kappa shape index (κ2) is 7.35. The first-order valence-electron chi connectivity index (χ1n) is 8.38. The fraction of sp³-hybridized carbons (Fsp3) is 0.263. The van der Waals surface area contributed by atoms with E-state index in [1.165, 1.54) is 0 Å². The second-order valence-electron chi connectivity index (χ2n) is 6.25. The van der Waals surface area contributed by atoms with Crippen molar-refractivity contribution in [3.05, 3.63) is 70.4 Å². The Bertz CT molecular complexity index is 909. The van der Waals surface area contributed by atoms with Gasteiger partial charge in [-0.3, -0.25) is 9.48 Å². The van der Waals surface area contributed by atoms with Crippen LogP contribution >= 0.6 is 0 Å². The van der Waals surface area contributed by atoms with Crippen LogP contribution in [0.1, 0.15) is 38.8 Å². The normalized spacial score (nSPS) is 10.7. The summed E-state index contributed by atoms with van der Waals surface area (Å²) in [5, 5.41) is 7.10. The standard InChI is InChI=1S/C19H22N6O/c1-12-9-16(20)22-13(2)15(12)11-21-19(26)18-23-17(25(3)24-18)10-14-7-5-4-6-8-14/h4-9H,10-11H2,1-3H3,(H2,20,22)(H,21,26). The quantitative estimate of drug-likeness (QED) is 0.732. The number of nitrogens with two attached hydrogens (primary N) is 1. The lowest BCUT2D eigenvalue weighted by molar-refractivity contribution is 0.0940. The fourth-order valence-corrected chi connectivity index (χ4v) is 2.85. The molecule has 2 heterocycles. The summed E-state index contributed by atoms with van der Waals surface area (Å²) in [4.78, 5) is 21.1. The van der Waals surface area contributed by atoms with Gasteiger partial charge in [0.15, 0.2) is 0 Å². The van der Waals surface area contributed by atoms with Crippen LogP contribution in [0.15, 0.2) is 36.4 Å². The summed E-state index contributed by atoms with van der Waals surface area (Å²) in [5.41, 5.74) is 9.61. The van der Waals surface area contributed by atoms with E-state index in [1.807, 2.05) is 44.2 Å². The smallest absolute Gasteiger partial charge is 0.291 e. The predicted molar refractivity (Wildman–Crippen MR) is 99.5 cm³/mol. The van der Waals surface area contributed by atoms with Crippen molar-refractivity contribution in [3.63, 3.8) is 0 Å². The molecule has 0 spiro atoms.